The van der Waals surface area contributed by atoms with E-state index in [4.69, 9.17) is 29.6 Å². The van der Waals surface area contributed by atoms with Gasteiger partial charge in [0.15, 0.2) is 5.78 Å². The molecule has 35 heteroatoms. The summed E-state index contributed by atoms with van der Waals surface area (Å²) in [6, 6.07) is 19.5. The zero-order valence-corrected chi connectivity index (χ0v) is 80.6. The molecule has 6 heterocycles. The van der Waals surface area contributed by atoms with Crippen molar-refractivity contribution in [3.8, 4) is 5.75 Å². The molecule has 4 unspecified atom stereocenters. The first kappa shape index (κ1) is 95.8. The van der Waals surface area contributed by atoms with E-state index in [0.717, 1.165) is 54.3 Å². The molecule has 8 aliphatic rings. The molecule has 0 amide bonds. The van der Waals surface area contributed by atoms with Crippen LogP contribution in [0.25, 0.3) is 10.9 Å². The Balaban J connectivity index is 0.000000158. The van der Waals surface area contributed by atoms with Crippen molar-refractivity contribution in [2.75, 3.05) is 72.9 Å². The van der Waals surface area contributed by atoms with Crippen molar-refractivity contribution in [1.29, 1.82) is 0 Å². The number of carbonyl (C=O) groups excluding carboxylic acids is 4. The highest BCUT2D eigenvalue weighted by Crippen LogP contribution is 2.57. The predicted octanol–water partition coefficient (Wildman–Crippen LogP) is 19.2. The molecule has 5 aromatic carbocycles. The molecule has 0 bridgehead atoms. The minimum absolute atomic E-state index is 0.0727. The Bertz CT molecular complexity index is 5880. The minimum atomic E-state index is -3.60. The molecule has 4 fully saturated rings. The summed E-state index contributed by atoms with van der Waals surface area (Å²) in [6.07, 6.45) is 15.7. The Morgan fingerprint density at radius 2 is 0.876 bits per heavy atom. The molecule has 25 nitrogen and oxygen atoms in total. The Morgan fingerprint density at radius 3 is 1.26 bits per heavy atom. The number of esters is 3. The zero-order chi connectivity index (χ0) is 89.4. The highest BCUT2D eigenvalue weighted by Gasteiger charge is 2.60. The summed E-state index contributed by atoms with van der Waals surface area (Å²) in [5.41, 5.74) is 10.9. The van der Waals surface area contributed by atoms with Crippen LogP contribution in [0.1, 0.15) is 226 Å². The highest BCUT2D eigenvalue weighted by atomic mass is 79.9. The lowest BCUT2D eigenvalue weighted by Crippen LogP contribution is -2.39. The van der Waals surface area contributed by atoms with E-state index in [1.807, 2.05) is 52.1 Å². The number of aromatic nitrogens is 2. The van der Waals surface area contributed by atoms with Crippen LogP contribution >= 0.6 is 90.3 Å². The number of H-pyrrole nitrogens is 2. The van der Waals surface area contributed by atoms with E-state index >= 15 is 0 Å². The third-order valence-electron chi connectivity index (χ3n) is 23.3. The molecule has 4 aliphatic heterocycles. The monoisotopic (exact) mass is 2080 g/mol. The van der Waals surface area contributed by atoms with E-state index in [0.29, 0.717) is 171 Å². The molecule has 0 radical (unpaired) electrons. The summed E-state index contributed by atoms with van der Waals surface area (Å²) < 4.78 is 126. The number of fused-ring (bicyclic) bond motifs is 5. The van der Waals surface area contributed by atoms with Gasteiger partial charge in [0.05, 0.1) is 92.3 Å². The van der Waals surface area contributed by atoms with E-state index < -0.39 is 70.0 Å². The van der Waals surface area contributed by atoms with Crippen molar-refractivity contribution in [3.05, 3.63) is 223 Å². The van der Waals surface area contributed by atoms with Gasteiger partial charge in [0.25, 0.3) is 5.56 Å². The van der Waals surface area contributed by atoms with Gasteiger partial charge in [-0.05, 0) is 192 Å². The number of carbonyl (C=O) groups is 5. The van der Waals surface area contributed by atoms with Gasteiger partial charge < -0.3 is 39.3 Å². The number of halogens is 6. The molecule has 652 valence electrons. The van der Waals surface area contributed by atoms with Crippen LogP contribution in [0, 0.1) is 13.8 Å². The van der Waals surface area contributed by atoms with E-state index in [9.17, 15) is 67.5 Å². The molecular formula is C86H98Br5ClN6O19S4. The van der Waals surface area contributed by atoms with Crippen LogP contribution in [-0.2, 0) is 59.8 Å². The molecule has 4 aliphatic carbocycles. The van der Waals surface area contributed by atoms with Crippen LogP contribution < -0.4 is 28.5 Å². The van der Waals surface area contributed by atoms with Gasteiger partial charge >= 0.3 is 23.9 Å². The van der Waals surface area contributed by atoms with Crippen LogP contribution in [0.3, 0.4) is 0 Å². The van der Waals surface area contributed by atoms with Crippen molar-refractivity contribution in [2.24, 2.45) is 0 Å². The standard InChI is InChI=1S/C25H29BrN2O5S.C17H20BrNO4S.C16H18BrNO4S.C11H12BrNO2.C11H10BrNO2.C6H9ClO2S/c1-5-8-25(9-10-25)34(31,32)28-14-15(2)23-19(12-17(26)13-20(23)28)21(29)7-6-18-22(33-4)11-16(3)27-24(18)30;1-4-5-17(6-7-17)24(21,22)19-10-11(2)15-13(16(20)23-3)8-12(18)9-14(15)19;1-3-4-16(5-6-16)23(21,22)18-9-10(2)14-12(15(19)20)7-11(17)8-13(14)18;2*1-6-5-13-9-4-7(12)3-8(10(6)9)11(14)15-2;1-2-3-6(4-5-6)10(7,8)9/h5,11-13,15H,1,6-10,14H2,2-4H3,(H,27,30);4,8-9,11H,1,5-7,10H2,2-3H3;3,7-8,10H,1,4-6,9H2,2H3,(H,19,20);3-4,6,13H,5H2,1-2H3;3-5,13H,1-2H3;2H,1,3-5H2. The number of rotatable bonds is 24. The minimum Gasteiger partial charge on any atom is -0.496 e. The molecule has 4 saturated carbocycles. The number of methoxy groups -OCH3 is 4. The fraction of sp³-hybridized carbons (Fsp3) is 0.419. The normalized spacial score (nSPS) is 19.0. The molecule has 0 spiro atoms. The van der Waals surface area contributed by atoms with Crippen LogP contribution in [0.4, 0.5) is 22.7 Å². The topological polar surface area (TPSA) is 349 Å². The van der Waals surface area contributed by atoms with Gasteiger partial charge in [-0.15, -0.1) is 26.3 Å². The Kier molecular flexibility index (Phi) is 29.9. The maximum absolute atomic E-state index is 13.6. The molecule has 0 saturated heterocycles. The third-order valence-corrected chi connectivity index (χ3v) is 35.9. The number of ether oxygens (including phenoxy) is 4. The van der Waals surface area contributed by atoms with Crippen molar-refractivity contribution in [3.63, 3.8) is 0 Å². The number of hydrogen-bond donors (Lipinski definition) is 4. The maximum atomic E-state index is 13.6. The van der Waals surface area contributed by atoms with Crippen LogP contribution in [-0.4, -0.2) is 152 Å². The van der Waals surface area contributed by atoms with Crippen molar-refractivity contribution in [1.82, 2.24) is 9.97 Å². The van der Waals surface area contributed by atoms with Crippen molar-refractivity contribution >= 4 is 193 Å². The van der Waals surface area contributed by atoms with Crippen molar-refractivity contribution < 1.29 is 81.7 Å². The summed E-state index contributed by atoms with van der Waals surface area (Å²) in [6.45, 7) is 27.9. The molecular weight excluding hydrogens is 1980 g/mol. The molecule has 2 aromatic heterocycles. The number of Topliss-reactive ketones (excluding diaryl/α,β-unsaturated/α-hetero) is 1. The third kappa shape index (κ3) is 19.5. The first-order valence-corrected chi connectivity index (χ1v) is 49.5. The van der Waals surface area contributed by atoms with Crippen molar-refractivity contribution in [2.45, 2.75) is 174 Å². The summed E-state index contributed by atoms with van der Waals surface area (Å²) in [7, 11) is -3.21. The molecule has 121 heavy (non-hydrogen) atoms. The smallest absolute Gasteiger partial charge is 0.338 e. The largest absolute Gasteiger partial charge is 0.496 e. The number of nitrogens with zero attached hydrogens (tertiary/aromatic N) is 3. The first-order chi connectivity index (χ1) is 56.8. The van der Waals surface area contributed by atoms with E-state index in [1.165, 1.54) is 47.4 Å². The number of benzene rings is 5. The lowest BCUT2D eigenvalue weighted by molar-refractivity contribution is 0.0590. The summed E-state index contributed by atoms with van der Waals surface area (Å²) in [5.74, 6) is -1.78. The molecule has 4 N–H and O–H groups in total. The summed E-state index contributed by atoms with van der Waals surface area (Å²) >= 11 is 16.9. The molecule has 4 atom stereocenters. The average molecular weight is 2080 g/mol. The number of allylic oxidation sites excluding steroid dienone is 4. The van der Waals surface area contributed by atoms with Gasteiger partial charge in [0.2, 0.25) is 39.1 Å². The Morgan fingerprint density at radius 1 is 0.512 bits per heavy atom. The van der Waals surface area contributed by atoms with E-state index in [-0.39, 0.29) is 66.0 Å². The van der Waals surface area contributed by atoms with Gasteiger partial charge in [-0.1, -0.05) is 132 Å². The highest BCUT2D eigenvalue weighted by molar-refractivity contribution is 9.11. The second-order valence-electron chi connectivity index (χ2n) is 31.7. The zero-order valence-electron chi connectivity index (χ0n) is 68.6. The fourth-order valence-corrected chi connectivity index (χ4v) is 26.9. The summed E-state index contributed by atoms with van der Waals surface area (Å²) in [4.78, 5) is 78.5. The SMILES string of the molecule is C=CCC1(S(=O)(=O)Cl)CC1.C=CCC1(S(=O)(=O)N2CC(C)c3c(C(=O)CCc4c(OC)cc(C)[nH]c4=O)cc(Br)cc32)CC1.C=CCC1(S(=O)(=O)N2CC(C)c3c(C(=O)O)cc(Br)cc32)CC1.C=CCC1(S(=O)(=O)N2CC(C)c3c(C(=O)OC)cc(Br)cc32)CC1.COC(=O)c1cc(Br)cc2[nH]cc(C)c12.COC(=O)c1cc(Br)cc2c1C(C)CN2. The number of anilines is 4. The van der Waals surface area contributed by atoms with E-state index in [2.05, 4.69) is 128 Å². The van der Waals surface area contributed by atoms with Gasteiger partial charge in [0, 0.05) is 123 Å². The number of ketones is 1. The number of carboxylic acid groups (broad SMARTS) is 1. The number of pyridine rings is 1. The van der Waals surface area contributed by atoms with Gasteiger partial charge in [-0.2, -0.15) is 0 Å². The van der Waals surface area contributed by atoms with Gasteiger partial charge in [-0.25, -0.2) is 52.8 Å². The Hall–Kier alpha value is -7.41. The average Bonchev–Trinajstić information content (AvgIpc) is 1.57. The van der Waals surface area contributed by atoms with Crippen LogP contribution in [0.15, 0.2) is 151 Å². The number of aromatic amines is 2. The fourth-order valence-electron chi connectivity index (χ4n) is 16.3. The maximum Gasteiger partial charge on any atom is 0.338 e. The quantitative estimate of drug-likeness (QED) is 0.0143. The second-order valence-corrected chi connectivity index (χ2v) is 46.0. The predicted molar refractivity (Wildman–Crippen MR) is 492 cm³/mol. The lowest BCUT2D eigenvalue weighted by Gasteiger charge is -2.26. The van der Waals surface area contributed by atoms with Crippen LogP contribution in [0.5, 0.6) is 5.75 Å². The lowest BCUT2D eigenvalue weighted by atomic mass is 9.92. The first-order valence-electron chi connectivity index (χ1n) is 38.9. The van der Waals surface area contributed by atoms with Gasteiger partial charge in [0.1, 0.15) is 5.75 Å². The Labute approximate surface area is 753 Å². The molecule has 7 aromatic rings. The molecule has 15 rings (SSSR count). The summed E-state index contributed by atoms with van der Waals surface area (Å²) in [5, 5.41) is 13.6. The van der Waals surface area contributed by atoms with Crippen LogP contribution in [0.2, 0.25) is 0 Å². The number of aryl methyl sites for hydroxylation is 2. The number of sulfonamides is 3. The number of aromatic carboxylic acids is 1. The number of nitrogens with one attached hydrogen (secondary N) is 3. The van der Waals surface area contributed by atoms with Gasteiger partial charge in [-0.3, -0.25) is 22.5 Å². The second kappa shape index (κ2) is 37.8. The number of carboxylic acids is 1. The number of hydrogen-bond acceptors (Lipinski definition) is 19. The van der Waals surface area contributed by atoms with E-state index in [1.54, 1.807) is 73.7 Å².